The van der Waals surface area contributed by atoms with Crippen LogP contribution in [0.2, 0.25) is 0 Å². The number of carbonyl (C=O) groups excluding carboxylic acids is 1. The van der Waals surface area contributed by atoms with Gasteiger partial charge in [0, 0.05) is 22.2 Å². The minimum absolute atomic E-state index is 0.0295. The van der Waals surface area contributed by atoms with Crippen LogP contribution in [0.3, 0.4) is 0 Å². The third kappa shape index (κ3) is 2.49. The lowest BCUT2D eigenvalue weighted by Crippen LogP contribution is -2.22. The fourth-order valence-electron chi connectivity index (χ4n) is 3.68. The smallest absolute Gasteiger partial charge is 0.259 e. The van der Waals surface area contributed by atoms with E-state index in [0.29, 0.717) is 12.1 Å². The molecule has 0 aliphatic carbocycles. The van der Waals surface area contributed by atoms with Crippen molar-refractivity contribution in [3.8, 4) is 11.3 Å². The molecule has 0 spiro atoms. The monoisotopic (exact) mass is 354 g/mol. The molecule has 0 bridgehead atoms. The van der Waals surface area contributed by atoms with Gasteiger partial charge in [-0.05, 0) is 42.5 Å². The van der Waals surface area contributed by atoms with Gasteiger partial charge in [0.15, 0.2) is 0 Å². The van der Waals surface area contributed by atoms with Gasteiger partial charge >= 0.3 is 0 Å². The number of hydrogen-bond donors (Lipinski definition) is 0. The minimum Gasteiger partial charge on any atom is -0.304 e. The Morgan fingerprint density at radius 2 is 1.56 bits per heavy atom. The third-order valence-electron chi connectivity index (χ3n) is 4.95. The van der Waals surface area contributed by atoms with Crippen molar-refractivity contribution in [2.45, 2.75) is 6.54 Å². The van der Waals surface area contributed by atoms with Crippen molar-refractivity contribution in [3.63, 3.8) is 0 Å². The number of nitrogens with zero attached hydrogens (tertiary/aromatic N) is 2. The maximum atomic E-state index is 13.4. The summed E-state index contributed by atoms with van der Waals surface area (Å²) in [5, 5.41) is 0.849. The van der Waals surface area contributed by atoms with E-state index in [1.165, 1.54) is 12.1 Å². The van der Waals surface area contributed by atoms with Crippen LogP contribution in [0.15, 0.2) is 78.9 Å². The van der Waals surface area contributed by atoms with E-state index < -0.39 is 0 Å². The molecule has 5 rings (SSSR count). The van der Waals surface area contributed by atoms with Crippen LogP contribution < -0.4 is 4.90 Å². The molecule has 4 aromatic rings. The van der Waals surface area contributed by atoms with Gasteiger partial charge in [-0.3, -0.25) is 4.79 Å². The Labute approximate surface area is 155 Å². The highest BCUT2D eigenvalue weighted by Gasteiger charge is 2.33. The molecule has 0 atom stereocenters. The van der Waals surface area contributed by atoms with E-state index in [0.717, 1.165) is 33.4 Å². The van der Waals surface area contributed by atoms with Gasteiger partial charge in [0.25, 0.3) is 5.91 Å². The van der Waals surface area contributed by atoms with Gasteiger partial charge in [-0.15, -0.1) is 0 Å². The number of amides is 1. The second-order valence-corrected chi connectivity index (χ2v) is 6.56. The molecular formula is C23H15FN2O. The first-order chi connectivity index (χ1) is 13.2. The molecule has 27 heavy (non-hydrogen) atoms. The molecule has 0 saturated heterocycles. The second kappa shape index (κ2) is 6.02. The molecule has 1 aliphatic rings. The molecule has 0 fully saturated rings. The second-order valence-electron chi connectivity index (χ2n) is 6.56. The molecule has 0 saturated carbocycles. The van der Waals surface area contributed by atoms with Crippen LogP contribution in [0.25, 0.3) is 22.2 Å². The van der Waals surface area contributed by atoms with E-state index >= 15 is 0 Å². The van der Waals surface area contributed by atoms with E-state index in [2.05, 4.69) is 0 Å². The summed E-state index contributed by atoms with van der Waals surface area (Å²) < 4.78 is 13.4. The van der Waals surface area contributed by atoms with Crippen LogP contribution in [0.5, 0.6) is 0 Å². The first-order valence-corrected chi connectivity index (χ1v) is 8.77. The average molecular weight is 354 g/mol. The molecule has 0 radical (unpaired) electrons. The Morgan fingerprint density at radius 3 is 2.33 bits per heavy atom. The molecule has 0 N–H and O–H groups in total. The first-order valence-electron chi connectivity index (χ1n) is 8.77. The standard InChI is InChI=1S/C23H15FN2O/c24-16-12-10-15(11-13-16)22-19-14-26(17-6-2-1-3-7-17)23(27)21(19)18-8-4-5-9-20(18)25-22/h1-13H,14H2. The molecule has 130 valence electrons. The minimum atomic E-state index is -0.293. The molecule has 4 heteroatoms. The molecule has 3 aromatic carbocycles. The van der Waals surface area contributed by atoms with Gasteiger partial charge in [0.2, 0.25) is 0 Å². The van der Waals surface area contributed by atoms with E-state index in [1.54, 1.807) is 17.0 Å². The lowest BCUT2D eigenvalue weighted by atomic mass is 9.98. The number of para-hydroxylation sites is 2. The Bertz CT molecular complexity index is 1170. The zero-order chi connectivity index (χ0) is 18.4. The lowest BCUT2D eigenvalue weighted by Gasteiger charge is -2.15. The molecule has 0 unspecified atom stereocenters. The van der Waals surface area contributed by atoms with Crippen LogP contribution in [0.4, 0.5) is 10.1 Å². The van der Waals surface area contributed by atoms with Crippen molar-refractivity contribution < 1.29 is 9.18 Å². The molecule has 1 aliphatic heterocycles. The average Bonchev–Trinajstić information content (AvgIpc) is 3.06. The number of pyridine rings is 1. The number of aromatic nitrogens is 1. The summed E-state index contributed by atoms with van der Waals surface area (Å²) in [5.41, 5.74) is 4.72. The highest BCUT2D eigenvalue weighted by molar-refractivity contribution is 6.18. The Morgan fingerprint density at radius 1 is 0.852 bits per heavy atom. The predicted octanol–water partition coefficient (Wildman–Crippen LogP) is 5.20. The summed E-state index contributed by atoms with van der Waals surface area (Å²) in [7, 11) is 0. The first kappa shape index (κ1) is 15.7. The summed E-state index contributed by atoms with van der Waals surface area (Å²) in [6, 6.07) is 23.5. The van der Waals surface area contributed by atoms with Gasteiger partial charge in [0.1, 0.15) is 5.82 Å². The normalized spacial score (nSPS) is 13.2. The van der Waals surface area contributed by atoms with Gasteiger partial charge in [-0.25, -0.2) is 9.37 Å². The summed E-state index contributed by atoms with van der Waals surface area (Å²) >= 11 is 0. The predicted molar refractivity (Wildman–Crippen MR) is 104 cm³/mol. The number of carbonyl (C=O) groups is 1. The summed E-state index contributed by atoms with van der Waals surface area (Å²) in [4.78, 5) is 19.9. The summed E-state index contributed by atoms with van der Waals surface area (Å²) in [5.74, 6) is -0.323. The van der Waals surface area contributed by atoms with E-state index in [9.17, 15) is 9.18 Å². The van der Waals surface area contributed by atoms with Gasteiger partial charge in [0.05, 0.1) is 23.3 Å². The number of anilines is 1. The van der Waals surface area contributed by atoms with Crippen molar-refractivity contribution >= 4 is 22.5 Å². The van der Waals surface area contributed by atoms with Gasteiger partial charge in [-0.1, -0.05) is 36.4 Å². The molecule has 1 amide bonds. The van der Waals surface area contributed by atoms with Crippen LogP contribution in [0.1, 0.15) is 15.9 Å². The van der Waals surface area contributed by atoms with Gasteiger partial charge < -0.3 is 4.90 Å². The number of benzene rings is 3. The highest BCUT2D eigenvalue weighted by Crippen LogP contribution is 2.37. The zero-order valence-electron chi connectivity index (χ0n) is 14.4. The lowest BCUT2D eigenvalue weighted by molar-refractivity contribution is 0.0998. The zero-order valence-corrected chi connectivity index (χ0v) is 14.4. The third-order valence-corrected chi connectivity index (χ3v) is 4.95. The maximum Gasteiger partial charge on any atom is 0.259 e. The highest BCUT2D eigenvalue weighted by atomic mass is 19.1. The van der Waals surface area contributed by atoms with Crippen molar-refractivity contribution in [1.29, 1.82) is 0 Å². The number of rotatable bonds is 2. The Balaban J connectivity index is 1.76. The SMILES string of the molecule is O=C1c2c(c(-c3ccc(F)cc3)nc3ccccc23)CN1c1ccccc1. The quantitative estimate of drug-likeness (QED) is 0.496. The molecule has 1 aromatic heterocycles. The Kier molecular flexibility index (Phi) is 3.50. The Hall–Kier alpha value is -3.53. The summed E-state index contributed by atoms with van der Waals surface area (Å²) in [6.07, 6.45) is 0. The van der Waals surface area contributed by atoms with E-state index in [1.807, 2.05) is 54.6 Å². The maximum absolute atomic E-state index is 13.4. The fourth-order valence-corrected chi connectivity index (χ4v) is 3.68. The molecule has 3 nitrogen and oxygen atoms in total. The number of fused-ring (bicyclic) bond motifs is 3. The van der Waals surface area contributed by atoms with Crippen molar-refractivity contribution in [2.75, 3.05) is 4.90 Å². The van der Waals surface area contributed by atoms with Crippen molar-refractivity contribution in [1.82, 2.24) is 4.98 Å². The summed E-state index contributed by atoms with van der Waals surface area (Å²) in [6.45, 7) is 0.447. The van der Waals surface area contributed by atoms with Crippen LogP contribution in [-0.4, -0.2) is 10.9 Å². The van der Waals surface area contributed by atoms with Crippen LogP contribution in [0, 0.1) is 5.82 Å². The number of hydrogen-bond acceptors (Lipinski definition) is 2. The molecular weight excluding hydrogens is 339 g/mol. The largest absolute Gasteiger partial charge is 0.304 e. The topological polar surface area (TPSA) is 33.2 Å². The molecule has 2 heterocycles. The van der Waals surface area contributed by atoms with Crippen molar-refractivity contribution in [2.24, 2.45) is 0 Å². The van der Waals surface area contributed by atoms with E-state index in [-0.39, 0.29) is 11.7 Å². The van der Waals surface area contributed by atoms with Gasteiger partial charge in [-0.2, -0.15) is 0 Å². The number of halogens is 1. The van der Waals surface area contributed by atoms with E-state index in [4.69, 9.17) is 4.98 Å². The van der Waals surface area contributed by atoms with Crippen molar-refractivity contribution in [3.05, 3.63) is 95.8 Å². The van der Waals surface area contributed by atoms with Crippen LogP contribution in [-0.2, 0) is 6.54 Å². The van der Waals surface area contributed by atoms with Crippen LogP contribution >= 0.6 is 0 Å². The fraction of sp³-hybridized carbons (Fsp3) is 0.0435.